The molecule has 0 atom stereocenters. The highest BCUT2D eigenvalue weighted by molar-refractivity contribution is 7.09. The Bertz CT molecular complexity index is 942. The number of carbonyl (C=O) groups excluding carboxylic acids is 1. The molecular formula is C20H17ClN2O3S. The molecule has 1 heterocycles. The molecule has 7 heteroatoms. The van der Waals surface area contributed by atoms with Crippen LogP contribution in [0.4, 0.5) is 0 Å². The zero-order valence-electron chi connectivity index (χ0n) is 14.5. The molecule has 0 fully saturated rings. The second-order valence-electron chi connectivity index (χ2n) is 5.49. The van der Waals surface area contributed by atoms with Gasteiger partial charge < -0.3 is 9.47 Å². The summed E-state index contributed by atoms with van der Waals surface area (Å²) in [7, 11) is 1.58. The molecule has 1 aromatic heterocycles. The van der Waals surface area contributed by atoms with Gasteiger partial charge >= 0.3 is 0 Å². The number of nitrogens with zero attached hydrogens (tertiary/aromatic N) is 1. The lowest BCUT2D eigenvalue weighted by Crippen LogP contribution is -2.17. The molecule has 0 saturated carbocycles. The summed E-state index contributed by atoms with van der Waals surface area (Å²) in [4.78, 5) is 13.2. The highest BCUT2D eigenvalue weighted by Gasteiger charge is 2.07. The number of carbonyl (C=O) groups is 1. The van der Waals surface area contributed by atoms with Crippen molar-refractivity contribution >= 4 is 35.1 Å². The first-order valence-corrected chi connectivity index (χ1v) is 9.33. The molecule has 0 unspecified atom stereocenters. The van der Waals surface area contributed by atoms with E-state index >= 15 is 0 Å². The smallest absolute Gasteiger partial charge is 0.271 e. The maximum Gasteiger partial charge on any atom is 0.271 e. The number of rotatable bonds is 7. The number of hydrazone groups is 1. The van der Waals surface area contributed by atoms with Crippen molar-refractivity contribution in [3.8, 4) is 11.5 Å². The highest BCUT2D eigenvalue weighted by atomic mass is 35.5. The number of halogens is 1. The number of hydrogen-bond donors (Lipinski definition) is 1. The molecule has 0 bridgehead atoms. The maximum atomic E-state index is 12.0. The lowest BCUT2D eigenvalue weighted by Gasteiger charge is -2.10. The van der Waals surface area contributed by atoms with Crippen LogP contribution in [-0.4, -0.2) is 19.2 Å². The Labute approximate surface area is 166 Å². The van der Waals surface area contributed by atoms with Crippen LogP contribution in [0.25, 0.3) is 0 Å². The molecular weight excluding hydrogens is 384 g/mol. The molecule has 1 amide bonds. The fourth-order valence-electron chi connectivity index (χ4n) is 2.29. The summed E-state index contributed by atoms with van der Waals surface area (Å²) >= 11 is 7.52. The molecule has 27 heavy (non-hydrogen) atoms. The average Bonchev–Trinajstić information content (AvgIpc) is 3.20. The van der Waals surface area contributed by atoms with Crippen LogP contribution in [-0.2, 0) is 6.61 Å². The van der Waals surface area contributed by atoms with Gasteiger partial charge in [0.15, 0.2) is 11.5 Å². The summed E-state index contributed by atoms with van der Waals surface area (Å²) in [6.07, 6.45) is 1.54. The Morgan fingerprint density at radius 1 is 1.19 bits per heavy atom. The number of benzene rings is 2. The molecule has 5 nitrogen and oxygen atoms in total. The molecule has 1 N–H and O–H groups in total. The van der Waals surface area contributed by atoms with Crippen molar-refractivity contribution in [1.82, 2.24) is 5.43 Å². The van der Waals surface area contributed by atoms with Gasteiger partial charge in [0.05, 0.1) is 13.3 Å². The van der Waals surface area contributed by atoms with E-state index in [9.17, 15) is 4.79 Å². The third-order valence-corrected chi connectivity index (χ3v) is 4.69. The molecule has 0 saturated heterocycles. The summed E-state index contributed by atoms with van der Waals surface area (Å²) < 4.78 is 11.2. The maximum absolute atomic E-state index is 12.0. The molecule has 3 aromatic rings. The van der Waals surface area contributed by atoms with Crippen LogP contribution < -0.4 is 14.9 Å². The summed E-state index contributed by atoms with van der Waals surface area (Å²) in [5.74, 6) is 0.902. The van der Waals surface area contributed by atoms with Gasteiger partial charge in [-0.1, -0.05) is 23.7 Å². The third-order valence-electron chi connectivity index (χ3n) is 3.60. The number of ether oxygens (including phenoxy) is 2. The number of amides is 1. The molecule has 0 aliphatic rings. The molecule has 138 valence electrons. The van der Waals surface area contributed by atoms with Crippen molar-refractivity contribution in [3.05, 3.63) is 81.0 Å². The fraction of sp³-hybridized carbons (Fsp3) is 0.100. The van der Waals surface area contributed by atoms with Crippen LogP contribution in [0.5, 0.6) is 11.5 Å². The van der Waals surface area contributed by atoms with Gasteiger partial charge in [0, 0.05) is 15.5 Å². The molecule has 3 rings (SSSR count). The van der Waals surface area contributed by atoms with Gasteiger partial charge in [0.2, 0.25) is 0 Å². The number of nitrogens with one attached hydrogen (secondary N) is 1. The quantitative estimate of drug-likeness (QED) is 0.459. The van der Waals surface area contributed by atoms with Gasteiger partial charge in [-0.3, -0.25) is 4.79 Å². The zero-order chi connectivity index (χ0) is 19.1. The van der Waals surface area contributed by atoms with Gasteiger partial charge in [-0.15, -0.1) is 11.3 Å². The summed E-state index contributed by atoms with van der Waals surface area (Å²) in [5, 5.41) is 6.48. The Morgan fingerprint density at radius 3 is 2.81 bits per heavy atom. The van der Waals surface area contributed by atoms with Gasteiger partial charge in [-0.25, -0.2) is 5.43 Å². The third kappa shape index (κ3) is 5.32. The minimum Gasteiger partial charge on any atom is -0.493 e. The topological polar surface area (TPSA) is 59.9 Å². The number of methoxy groups -OCH3 is 1. The first kappa shape index (κ1) is 18.9. The normalized spacial score (nSPS) is 10.7. The van der Waals surface area contributed by atoms with E-state index in [1.54, 1.807) is 48.8 Å². The van der Waals surface area contributed by atoms with Crippen LogP contribution >= 0.6 is 22.9 Å². The standard InChI is InChI=1S/C20H17ClN2O3S/c1-25-19-10-14(7-8-18(19)26-13-17-6-3-9-27-17)12-22-23-20(24)15-4-2-5-16(21)11-15/h2-12H,13H2,1H3,(H,23,24)/b22-12-. The molecule has 0 aliphatic carbocycles. The van der Waals surface area contributed by atoms with Gasteiger partial charge in [-0.05, 0) is 53.4 Å². The monoisotopic (exact) mass is 400 g/mol. The van der Waals surface area contributed by atoms with Crippen LogP contribution in [0.1, 0.15) is 20.8 Å². The lowest BCUT2D eigenvalue weighted by molar-refractivity contribution is 0.0955. The zero-order valence-corrected chi connectivity index (χ0v) is 16.1. The predicted molar refractivity (Wildman–Crippen MR) is 108 cm³/mol. The Balaban J connectivity index is 1.62. The van der Waals surface area contributed by atoms with Crippen molar-refractivity contribution in [2.24, 2.45) is 5.10 Å². The number of hydrogen-bond acceptors (Lipinski definition) is 5. The first-order chi connectivity index (χ1) is 13.2. The van der Waals surface area contributed by atoms with E-state index < -0.39 is 0 Å². The van der Waals surface area contributed by atoms with Crippen molar-refractivity contribution in [1.29, 1.82) is 0 Å². The van der Waals surface area contributed by atoms with E-state index in [1.165, 1.54) is 6.21 Å². The average molecular weight is 401 g/mol. The van der Waals surface area contributed by atoms with Crippen LogP contribution in [0.2, 0.25) is 5.02 Å². The van der Waals surface area contributed by atoms with Crippen LogP contribution in [0.15, 0.2) is 65.1 Å². The lowest BCUT2D eigenvalue weighted by atomic mass is 10.2. The minimum atomic E-state index is -0.336. The van der Waals surface area contributed by atoms with Crippen LogP contribution in [0, 0.1) is 0 Å². The Hall–Kier alpha value is -2.83. The highest BCUT2D eigenvalue weighted by Crippen LogP contribution is 2.28. The largest absolute Gasteiger partial charge is 0.493 e. The van der Waals surface area contributed by atoms with Gasteiger partial charge in [-0.2, -0.15) is 5.10 Å². The van der Waals surface area contributed by atoms with Crippen molar-refractivity contribution in [2.75, 3.05) is 7.11 Å². The summed E-state index contributed by atoms with van der Waals surface area (Å²) in [6.45, 7) is 0.483. The van der Waals surface area contributed by atoms with E-state index in [4.69, 9.17) is 21.1 Å². The minimum absolute atomic E-state index is 0.336. The Kier molecular flexibility index (Phi) is 6.46. The fourth-order valence-corrected chi connectivity index (χ4v) is 3.09. The van der Waals surface area contributed by atoms with Gasteiger partial charge in [0.25, 0.3) is 5.91 Å². The Morgan fingerprint density at radius 2 is 2.07 bits per heavy atom. The second-order valence-corrected chi connectivity index (χ2v) is 6.96. The molecule has 0 aliphatic heterocycles. The van der Waals surface area contributed by atoms with E-state index in [1.807, 2.05) is 29.6 Å². The summed E-state index contributed by atoms with van der Waals surface area (Å²) in [5.41, 5.74) is 3.68. The predicted octanol–water partition coefficient (Wildman–Crippen LogP) is 4.75. The van der Waals surface area contributed by atoms with E-state index in [0.29, 0.717) is 28.7 Å². The molecule has 2 aromatic carbocycles. The SMILES string of the molecule is COc1cc(/C=N\NC(=O)c2cccc(Cl)c2)ccc1OCc1cccs1. The second kappa shape index (κ2) is 9.21. The van der Waals surface area contributed by atoms with E-state index in [2.05, 4.69) is 10.5 Å². The molecule has 0 spiro atoms. The van der Waals surface area contributed by atoms with Crippen molar-refractivity contribution in [2.45, 2.75) is 6.61 Å². The van der Waals surface area contributed by atoms with Crippen molar-refractivity contribution in [3.63, 3.8) is 0 Å². The van der Waals surface area contributed by atoms with Gasteiger partial charge in [0.1, 0.15) is 6.61 Å². The first-order valence-electron chi connectivity index (χ1n) is 8.08. The van der Waals surface area contributed by atoms with E-state index in [-0.39, 0.29) is 5.91 Å². The van der Waals surface area contributed by atoms with Crippen LogP contribution in [0.3, 0.4) is 0 Å². The summed E-state index contributed by atoms with van der Waals surface area (Å²) in [6, 6.07) is 16.1. The number of thiophene rings is 1. The van der Waals surface area contributed by atoms with Crippen molar-refractivity contribution < 1.29 is 14.3 Å². The molecule has 0 radical (unpaired) electrons. The van der Waals surface area contributed by atoms with E-state index in [0.717, 1.165) is 10.4 Å².